The molecule has 4 nitrogen and oxygen atoms in total. The molecule has 0 saturated heterocycles. The molecule has 1 aromatic heterocycles. The van der Waals surface area contributed by atoms with E-state index in [4.69, 9.17) is 22.7 Å². The SMILES string of the molecule is COCC(C)Nc1cnccc1C(N)=S. The molecule has 5 heteroatoms. The van der Waals surface area contributed by atoms with E-state index in [1.165, 1.54) is 0 Å². The van der Waals surface area contributed by atoms with Crippen LogP contribution in [0.25, 0.3) is 0 Å². The van der Waals surface area contributed by atoms with Gasteiger partial charge in [0.1, 0.15) is 4.99 Å². The molecule has 0 radical (unpaired) electrons. The molecule has 0 aromatic carbocycles. The van der Waals surface area contributed by atoms with Gasteiger partial charge in [0.15, 0.2) is 0 Å². The highest BCUT2D eigenvalue weighted by atomic mass is 32.1. The fraction of sp³-hybridized carbons (Fsp3) is 0.400. The van der Waals surface area contributed by atoms with Gasteiger partial charge < -0.3 is 15.8 Å². The molecule has 0 fully saturated rings. The maximum absolute atomic E-state index is 5.60. The number of pyridine rings is 1. The van der Waals surface area contributed by atoms with Gasteiger partial charge in [0.05, 0.1) is 18.5 Å². The average Bonchev–Trinajstić information content (AvgIpc) is 2.18. The number of nitrogens with two attached hydrogens (primary N) is 1. The summed E-state index contributed by atoms with van der Waals surface area (Å²) in [7, 11) is 1.66. The summed E-state index contributed by atoms with van der Waals surface area (Å²) >= 11 is 4.95. The molecular weight excluding hydrogens is 210 g/mol. The van der Waals surface area contributed by atoms with E-state index >= 15 is 0 Å². The van der Waals surface area contributed by atoms with Crippen molar-refractivity contribution < 1.29 is 4.74 Å². The highest BCUT2D eigenvalue weighted by molar-refractivity contribution is 7.80. The molecule has 1 rings (SSSR count). The van der Waals surface area contributed by atoms with Crippen LogP contribution in [0, 0.1) is 0 Å². The van der Waals surface area contributed by atoms with Crippen LogP contribution in [0.3, 0.4) is 0 Å². The van der Waals surface area contributed by atoms with Crippen molar-refractivity contribution in [2.24, 2.45) is 5.73 Å². The first-order valence-corrected chi connectivity index (χ1v) is 5.05. The number of hydrogen-bond acceptors (Lipinski definition) is 4. The molecule has 82 valence electrons. The third-order valence-corrected chi connectivity index (χ3v) is 2.13. The van der Waals surface area contributed by atoms with Crippen molar-refractivity contribution in [1.82, 2.24) is 4.98 Å². The normalized spacial score (nSPS) is 12.1. The number of aromatic nitrogens is 1. The van der Waals surface area contributed by atoms with Gasteiger partial charge in [-0.2, -0.15) is 0 Å². The Morgan fingerprint density at radius 2 is 2.47 bits per heavy atom. The Kier molecular flexibility index (Phi) is 4.45. The fourth-order valence-electron chi connectivity index (χ4n) is 1.28. The Bertz CT molecular complexity index is 343. The lowest BCUT2D eigenvalue weighted by molar-refractivity contribution is 0.190. The van der Waals surface area contributed by atoms with Gasteiger partial charge >= 0.3 is 0 Å². The second-order valence-electron chi connectivity index (χ2n) is 3.29. The molecule has 0 aliphatic carbocycles. The van der Waals surface area contributed by atoms with Crippen LogP contribution in [0.1, 0.15) is 12.5 Å². The number of nitrogens with zero attached hydrogens (tertiary/aromatic N) is 1. The predicted molar refractivity (Wildman–Crippen MR) is 65.1 cm³/mol. The Balaban J connectivity index is 2.79. The third kappa shape index (κ3) is 3.45. The summed E-state index contributed by atoms with van der Waals surface area (Å²) in [5.74, 6) is 0. The smallest absolute Gasteiger partial charge is 0.106 e. The van der Waals surface area contributed by atoms with Crippen molar-refractivity contribution in [3.8, 4) is 0 Å². The van der Waals surface area contributed by atoms with Gasteiger partial charge in [-0.25, -0.2) is 0 Å². The van der Waals surface area contributed by atoms with E-state index in [-0.39, 0.29) is 6.04 Å². The van der Waals surface area contributed by atoms with Crippen molar-refractivity contribution in [1.29, 1.82) is 0 Å². The summed E-state index contributed by atoms with van der Waals surface area (Å²) in [6.07, 6.45) is 3.38. The minimum Gasteiger partial charge on any atom is -0.389 e. The Labute approximate surface area is 94.8 Å². The van der Waals surface area contributed by atoms with Crippen molar-refractivity contribution in [2.75, 3.05) is 19.0 Å². The first kappa shape index (κ1) is 11.9. The van der Waals surface area contributed by atoms with Gasteiger partial charge in [-0.1, -0.05) is 12.2 Å². The van der Waals surface area contributed by atoms with Crippen molar-refractivity contribution in [3.63, 3.8) is 0 Å². The molecule has 1 atom stereocenters. The zero-order chi connectivity index (χ0) is 11.3. The lowest BCUT2D eigenvalue weighted by atomic mass is 10.2. The number of hydrogen-bond donors (Lipinski definition) is 2. The van der Waals surface area contributed by atoms with Crippen LogP contribution >= 0.6 is 12.2 Å². The van der Waals surface area contributed by atoms with Gasteiger partial charge in [0.25, 0.3) is 0 Å². The molecule has 0 spiro atoms. The minimum absolute atomic E-state index is 0.187. The molecule has 1 heterocycles. The molecule has 3 N–H and O–H groups in total. The summed E-state index contributed by atoms with van der Waals surface area (Å²) in [4.78, 5) is 4.39. The van der Waals surface area contributed by atoms with Crippen molar-refractivity contribution >= 4 is 22.9 Å². The molecule has 0 amide bonds. The van der Waals surface area contributed by atoms with Crippen LogP contribution in [0.2, 0.25) is 0 Å². The summed E-state index contributed by atoms with van der Waals surface area (Å²) in [5.41, 5.74) is 7.25. The monoisotopic (exact) mass is 225 g/mol. The van der Waals surface area contributed by atoms with Crippen LogP contribution < -0.4 is 11.1 Å². The van der Waals surface area contributed by atoms with Crippen LogP contribution in [0.5, 0.6) is 0 Å². The van der Waals surface area contributed by atoms with Gasteiger partial charge in [-0.05, 0) is 13.0 Å². The minimum atomic E-state index is 0.187. The van der Waals surface area contributed by atoms with Crippen molar-refractivity contribution in [3.05, 3.63) is 24.0 Å². The molecule has 15 heavy (non-hydrogen) atoms. The quantitative estimate of drug-likeness (QED) is 0.736. The van der Waals surface area contributed by atoms with Gasteiger partial charge in [-0.15, -0.1) is 0 Å². The molecule has 0 saturated carbocycles. The summed E-state index contributed by atoms with van der Waals surface area (Å²) in [5, 5.41) is 3.24. The topological polar surface area (TPSA) is 60.2 Å². The Morgan fingerprint density at radius 1 is 1.73 bits per heavy atom. The highest BCUT2D eigenvalue weighted by Gasteiger charge is 2.07. The number of anilines is 1. The van der Waals surface area contributed by atoms with Crippen LogP contribution in [-0.4, -0.2) is 29.7 Å². The van der Waals surface area contributed by atoms with Gasteiger partial charge in [-0.3, -0.25) is 4.98 Å². The lowest BCUT2D eigenvalue weighted by Gasteiger charge is -2.16. The summed E-state index contributed by atoms with van der Waals surface area (Å²) in [6.45, 7) is 2.63. The van der Waals surface area contributed by atoms with Crippen LogP contribution in [-0.2, 0) is 4.74 Å². The highest BCUT2D eigenvalue weighted by Crippen LogP contribution is 2.14. The number of thiocarbonyl (C=S) groups is 1. The Hall–Kier alpha value is -1.20. The largest absolute Gasteiger partial charge is 0.389 e. The first-order chi connectivity index (χ1) is 7.15. The van der Waals surface area contributed by atoms with Crippen LogP contribution in [0.4, 0.5) is 5.69 Å². The van der Waals surface area contributed by atoms with Crippen molar-refractivity contribution in [2.45, 2.75) is 13.0 Å². The number of rotatable bonds is 5. The molecule has 0 aliphatic rings. The lowest BCUT2D eigenvalue weighted by Crippen LogP contribution is -2.23. The Morgan fingerprint density at radius 3 is 3.07 bits per heavy atom. The zero-order valence-corrected chi connectivity index (χ0v) is 9.67. The summed E-state index contributed by atoms with van der Waals surface area (Å²) in [6, 6.07) is 1.98. The van der Waals surface area contributed by atoms with Gasteiger partial charge in [0.2, 0.25) is 0 Å². The van der Waals surface area contributed by atoms with E-state index in [1.54, 1.807) is 25.6 Å². The molecular formula is C10H15N3OS. The zero-order valence-electron chi connectivity index (χ0n) is 8.86. The standard InChI is InChI=1S/C10H15N3OS/c1-7(6-14-2)13-9-5-12-4-3-8(9)10(11)15/h3-5,7,13H,6H2,1-2H3,(H2,11,15). The predicted octanol–water partition coefficient (Wildman–Crippen LogP) is 1.16. The number of ether oxygens (including phenoxy) is 1. The average molecular weight is 225 g/mol. The molecule has 1 aromatic rings. The van der Waals surface area contributed by atoms with E-state index in [2.05, 4.69) is 10.3 Å². The maximum Gasteiger partial charge on any atom is 0.106 e. The van der Waals surface area contributed by atoms with E-state index in [9.17, 15) is 0 Å². The van der Waals surface area contributed by atoms with E-state index in [1.807, 2.05) is 6.92 Å². The second-order valence-corrected chi connectivity index (χ2v) is 3.73. The number of methoxy groups -OCH3 is 1. The van der Waals surface area contributed by atoms with E-state index in [0.29, 0.717) is 11.6 Å². The van der Waals surface area contributed by atoms with Gasteiger partial charge in [0, 0.05) is 24.9 Å². The molecule has 0 bridgehead atoms. The summed E-state index contributed by atoms with van der Waals surface area (Å²) < 4.78 is 5.03. The molecule has 1 unspecified atom stereocenters. The maximum atomic E-state index is 5.60. The van der Waals surface area contributed by atoms with E-state index in [0.717, 1.165) is 11.3 Å². The first-order valence-electron chi connectivity index (χ1n) is 4.64. The second kappa shape index (κ2) is 5.63. The van der Waals surface area contributed by atoms with E-state index < -0.39 is 0 Å². The third-order valence-electron chi connectivity index (χ3n) is 1.91. The van der Waals surface area contributed by atoms with Crippen LogP contribution in [0.15, 0.2) is 18.5 Å². The molecule has 0 aliphatic heterocycles. The number of nitrogens with one attached hydrogen (secondary N) is 1. The fourth-order valence-corrected chi connectivity index (χ4v) is 1.46.